The van der Waals surface area contributed by atoms with Gasteiger partial charge in [0.05, 0.1) is 12.2 Å². The highest BCUT2D eigenvalue weighted by molar-refractivity contribution is 5.87. The molecule has 0 fully saturated rings. The monoisotopic (exact) mass is 540 g/mol. The Balaban J connectivity index is 1.48. The third-order valence-corrected chi connectivity index (χ3v) is 6.89. The number of ether oxygens (including phenoxy) is 1. The number of aromatic amines is 1. The van der Waals surface area contributed by atoms with Crippen LogP contribution in [0.3, 0.4) is 0 Å². The number of rotatable bonds is 15. The quantitative estimate of drug-likeness (QED) is 0.155. The van der Waals surface area contributed by atoms with Gasteiger partial charge in [0.25, 0.3) is 0 Å². The van der Waals surface area contributed by atoms with Crippen LogP contribution in [0.5, 0.6) is 5.75 Å². The molecule has 7 nitrogen and oxygen atoms in total. The van der Waals surface area contributed by atoms with Crippen LogP contribution in [0, 0.1) is 5.92 Å². The molecule has 7 heteroatoms. The summed E-state index contributed by atoms with van der Waals surface area (Å²) in [5.74, 6) is 0.0328. The summed E-state index contributed by atoms with van der Waals surface area (Å²) in [5, 5.41) is 13.0. The van der Waals surface area contributed by atoms with E-state index in [2.05, 4.69) is 39.8 Å². The van der Waals surface area contributed by atoms with Gasteiger partial charge in [0, 0.05) is 11.1 Å². The number of aromatic carboxylic acids is 1. The normalized spacial score (nSPS) is 12.0. The third-order valence-electron chi connectivity index (χ3n) is 6.89. The first-order chi connectivity index (χ1) is 19.5. The molecule has 1 unspecified atom stereocenters. The van der Waals surface area contributed by atoms with Gasteiger partial charge in [0.15, 0.2) is 5.82 Å². The highest BCUT2D eigenvalue weighted by atomic mass is 16.5. The number of H-pyrrole nitrogens is 1. The minimum absolute atomic E-state index is 0.231. The summed E-state index contributed by atoms with van der Waals surface area (Å²) in [7, 11) is 0. The standard InChI is InChI=1S/C33H36N2O5/c1-2-3-4-7-22-39-30-9-6-5-8-27(30)17-14-25(11-10-24-12-20-29(21-13-24)32(36)37)23-26-15-18-28(19-16-26)31-34-33(38)40-35-31/h5-6,8-9,12-21,25H,2-4,7,10-11,22-23H2,1H3,(H,36,37)(H,34,35,38). The molecule has 0 spiro atoms. The molecule has 4 aromatic rings. The van der Waals surface area contributed by atoms with Gasteiger partial charge < -0.3 is 9.84 Å². The number of benzene rings is 3. The maximum Gasteiger partial charge on any atom is 0.439 e. The molecule has 0 bridgehead atoms. The van der Waals surface area contributed by atoms with Crippen molar-refractivity contribution < 1.29 is 19.2 Å². The third kappa shape index (κ3) is 8.56. The van der Waals surface area contributed by atoms with Gasteiger partial charge in [-0.1, -0.05) is 98.1 Å². The van der Waals surface area contributed by atoms with E-state index in [4.69, 9.17) is 4.74 Å². The number of nitrogens with zero attached hydrogens (tertiary/aromatic N) is 1. The number of hydrogen-bond acceptors (Lipinski definition) is 5. The Morgan fingerprint density at radius 3 is 2.45 bits per heavy atom. The smallest absolute Gasteiger partial charge is 0.439 e. The molecule has 3 aromatic carbocycles. The van der Waals surface area contributed by atoms with E-state index in [9.17, 15) is 14.7 Å². The number of carboxylic acid groups (broad SMARTS) is 1. The Kier molecular flexibility index (Phi) is 10.5. The minimum atomic E-state index is -0.920. The molecule has 208 valence electrons. The van der Waals surface area contributed by atoms with Crippen LogP contribution in [0.1, 0.15) is 66.1 Å². The van der Waals surface area contributed by atoms with E-state index in [0.29, 0.717) is 18.0 Å². The van der Waals surface area contributed by atoms with Crippen LogP contribution >= 0.6 is 0 Å². The fraction of sp³-hybridized carbons (Fsp3) is 0.303. The molecule has 0 radical (unpaired) electrons. The van der Waals surface area contributed by atoms with Crippen LogP contribution in [0.2, 0.25) is 0 Å². The lowest BCUT2D eigenvalue weighted by Gasteiger charge is -2.15. The van der Waals surface area contributed by atoms with E-state index in [1.54, 1.807) is 12.1 Å². The first kappa shape index (κ1) is 28.6. The SMILES string of the molecule is CCCCCCOc1ccccc1C=CC(CCc1ccc(C(=O)O)cc1)Cc1ccc(-c2noc(=O)[nH]2)cc1. The molecule has 0 saturated carbocycles. The first-order valence-electron chi connectivity index (χ1n) is 13.9. The van der Waals surface area contributed by atoms with Crippen molar-refractivity contribution >= 4 is 12.0 Å². The average Bonchev–Trinajstić information content (AvgIpc) is 3.41. The lowest BCUT2D eigenvalue weighted by Crippen LogP contribution is -2.04. The predicted octanol–water partition coefficient (Wildman–Crippen LogP) is 7.19. The molecule has 40 heavy (non-hydrogen) atoms. The summed E-state index contributed by atoms with van der Waals surface area (Å²) >= 11 is 0. The summed E-state index contributed by atoms with van der Waals surface area (Å²) in [6, 6.07) is 23.1. The second-order valence-electron chi connectivity index (χ2n) is 9.95. The van der Waals surface area contributed by atoms with Crippen LogP contribution in [0.15, 0.2) is 88.2 Å². The first-order valence-corrected chi connectivity index (χ1v) is 13.9. The van der Waals surface area contributed by atoms with Crippen molar-refractivity contribution in [1.82, 2.24) is 10.1 Å². The van der Waals surface area contributed by atoms with Crippen LogP contribution in [0.25, 0.3) is 17.5 Å². The van der Waals surface area contributed by atoms with Crippen LogP contribution in [-0.4, -0.2) is 27.8 Å². The molecule has 4 rings (SSSR count). The van der Waals surface area contributed by atoms with Crippen molar-refractivity contribution in [3.05, 3.63) is 112 Å². The zero-order valence-corrected chi connectivity index (χ0v) is 22.8. The van der Waals surface area contributed by atoms with Gasteiger partial charge in [-0.2, -0.15) is 0 Å². The summed E-state index contributed by atoms with van der Waals surface area (Å²) < 4.78 is 10.7. The highest BCUT2D eigenvalue weighted by Gasteiger charge is 2.11. The van der Waals surface area contributed by atoms with Crippen LogP contribution in [-0.2, 0) is 12.8 Å². The molecular weight excluding hydrogens is 504 g/mol. The van der Waals surface area contributed by atoms with Crippen molar-refractivity contribution in [2.45, 2.75) is 51.9 Å². The summed E-state index contributed by atoms with van der Waals surface area (Å²) in [5.41, 5.74) is 4.39. The molecule has 0 amide bonds. The molecule has 1 heterocycles. The zero-order chi connectivity index (χ0) is 28.2. The minimum Gasteiger partial charge on any atom is -0.493 e. The molecule has 0 aliphatic heterocycles. The molecule has 1 aromatic heterocycles. The van der Waals surface area contributed by atoms with E-state index < -0.39 is 11.7 Å². The van der Waals surface area contributed by atoms with Gasteiger partial charge in [0.2, 0.25) is 0 Å². The Bertz CT molecular complexity index is 1430. The number of para-hydroxylation sites is 1. The predicted molar refractivity (Wildman–Crippen MR) is 157 cm³/mol. The fourth-order valence-corrected chi connectivity index (χ4v) is 4.59. The second kappa shape index (κ2) is 14.7. The number of aromatic nitrogens is 2. The maximum absolute atomic E-state index is 11.3. The van der Waals surface area contributed by atoms with Crippen LogP contribution < -0.4 is 10.5 Å². The van der Waals surface area contributed by atoms with E-state index in [0.717, 1.165) is 53.7 Å². The van der Waals surface area contributed by atoms with Crippen molar-refractivity contribution in [2.24, 2.45) is 5.92 Å². The molecular formula is C33H36N2O5. The molecule has 2 N–H and O–H groups in total. The van der Waals surface area contributed by atoms with Gasteiger partial charge in [-0.3, -0.25) is 9.51 Å². The lowest BCUT2D eigenvalue weighted by molar-refractivity contribution is 0.0697. The number of nitrogens with one attached hydrogen (secondary N) is 1. The van der Waals surface area contributed by atoms with Gasteiger partial charge in [-0.05, 0) is 60.9 Å². The van der Waals surface area contributed by atoms with Gasteiger partial charge in [0.1, 0.15) is 5.75 Å². The number of aryl methyl sites for hydroxylation is 1. The Morgan fingerprint density at radius 1 is 1.00 bits per heavy atom. The highest BCUT2D eigenvalue weighted by Crippen LogP contribution is 2.24. The van der Waals surface area contributed by atoms with E-state index in [1.165, 1.54) is 19.3 Å². The Labute approximate surface area is 234 Å². The molecule has 0 aliphatic carbocycles. The molecule has 1 atom stereocenters. The van der Waals surface area contributed by atoms with Crippen molar-refractivity contribution in [1.29, 1.82) is 0 Å². The van der Waals surface area contributed by atoms with Gasteiger partial charge in [-0.25, -0.2) is 9.59 Å². The Hall–Kier alpha value is -4.39. The summed E-state index contributed by atoms with van der Waals surface area (Å²) in [6.45, 7) is 2.92. The lowest BCUT2D eigenvalue weighted by atomic mass is 9.91. The van der Waals surface area contributed by atoms with E-state index >= 15 is 0 Å². The largest absolute Gasteiger partial charge is 0.493 e. The number of carboxylic acids is 1. The number of unbranched alkanes of at least 4 members (excludes halogenated alkanes) is 3. The zero-order valence-electron chi connectivity index (χ0n) is 22.8. The van der Waals surface area contributed by atoms with E-state index in [1.807, 2.05) is 54.6 Å². The van der Waals surface area contributed by atoms with Gasteiger partial charge in [-0.15, -0.1) is 0 Å². The molecule has 0 aliphatic rings. The number of hydrogen-bond donors (Lipinski definition) is 2. The fourth-order valence-electron chi connectivity index (χ4n) is 4.59. The molecule has 0 saturated heterocycles. The summed E-state index contributed by atoms with van der Waals surface area (Å²) in [6.07, 6.45) is 11.6. The number of allylic oxidation sites excluding steroid dienone is 1. The van der Waals surface area contributed by atoms with E-state index in [-0.39, 0.29) is 5.92 Å². The van der Waals surface area contributed by atoms with Crippen molar-refractivity contribution in [3.63, 3.8) is 0 Å². The van der Waals surface area contributed by atoms with Crippen LogP contribution in [0.4, 0.5) is 0 Å². The Morgan fingerprint density at radius 2 is 1.75 bits per heavy atom. The average molecular weight is 541 g/mol. The second-order valence-corrected chi connectivity index (χ2v) is 9.95. The summed E-state index contributed by atoms with van der Waals surface area (Å²) in [4.78, 5) is 25.1. The topological polar surface area (TPSA) is 105 Å². The number of carbonyl (C=O) groups is 1. The van der Waals surface area contributed by atoms with Crippen molar-refractivity contribution in [2.75, 3.05) is 6.61 Å². The van der Waals surface area contributed by atoms with Gasteiger partial charge >= 0.3 is 11.7 Å². The maximum atomic E-state index is 11.3. The van der Waals surface area contributed by atoms with Crippen molar-refractivity contribution in [3.8, 4) is 17.1 Å².